The number of carbonyl (C=O) groups excluding carboxylic acids is 1. The van der Waals surface area contributed by atoms with Crippen LogP contribution in [0.3, 0.4) is 0 Å². The van der Waals surface area contributed by atoms with Gasteiger partial charge in [0.25, 0.3) is 0 Å². The Balaban J connectivity index is 1.65. The number of rotatable bonds is 9. The maximum absolute atomic E-state index is 12.0. The molecule has 0 aromatic heterocycles. The number of hydrogen-bond acceptors (Lipinski definition) is 4. The van der Waals surface area contributed by atoms with Crippen LogP contribution in [0.1, 0.15) is 12.0 Å². The molecule has 2 rings (SSSR count). The molecule has 0 atom stereocenters. The van der Waals surface area contributed by atoms with Crippen molar-refractivity contribution >= 4 is 11.6 Å². The lowest BCUT2D eigenvalue weighted by atomic mass is 10.1. The first-order valence-electron chi connectivity index (χ1n) is 7.99. The Morgan fingerprint density at radius 1 is 0.958 bits per heavy atom. The Morgan fingerprint density at radius 2 is 1.71 bits per heavy atom. The predicted molar refractivity (Wildman–Crippen MR) is 95.8 cm³/mol. The van der Waals surface area contributed by atoms with Crippen molar-refractivity contribution in [3.05, 3.63) is 54.1 Å². The quantitative estimate of drug-likeness (QED) is 0.695. The first-order chi connectivity index (χ1) is 11.7. The van der Waals surface area contributed by atoms with E-state index in [4.69, 9.17) is 9.47 Å². The van der Waals surface area contributed by atoms with Gasteiger partial charge in [-0.15, -0.1) is 0 Å². The van der Waals surface area contributed by atoms with Crippen LogP contribution in [0.5, 0.6) is 11.5 Å². The molecule has 0 heterocycles. The number of methoxy groups -OCH3 is 2. The van der Waals surface area contributed by atoms with E-state index in [1.54, 1.807) is 14.2 Å². The molecule has 2 N–H and O–H groups in total. The second-order valence-electron chi connectivity index (χ2n) is 5.35. The number of anilines is 1. The van der Waals surface area contributed by atoms with Crippen molar-refractivity contribution in [3.63, 3.8) is 0 Å². The zero-order valence-electron chi connectivity index (χ0n) is 14.2. The Hall–Kier alpha value is -2.53. The van der Waals surface area contributed by atoms with Crippen LogP contribution in [0.4, 0.5) is 5.69 Å². The number of benzene rings is 2. The Kier molecular flexibility index (Phi) is 7.11. The van der Waals surface area contributed by atoms with E-state index in [2.05, 4.69) is 22.8 Å². The number of hydrogen-bond donors (Lipinski definition) is 2. The number of nitrogens with one attached hydrogen (secondary N) is 2. The minimum absolute atomic E-state index is 0.0311. The first-order valence-corrected chi connectivity index (χ1v) is 7.99. The number of amides is 1. The van der Waals surface area contributed by atoms with Gasteiger partial charge in [0.05, 0.1) is 19.9 Å². The molecular formula is C19H24N2O3. The van der Waals surface area contributed by atoms with Crippen molar-refractivity contribution < 1.29 is 14.3 Å². The molecule has 0 radical (unpaired) electrons. The standard InChI is InChI=1S/C19H24N2O3/c1-23-16-9-7-15(8-10-16)11-13-20-14-12-19(22)21-17-5-3-4-6-18(17)24-2/h3-10,20H,11-14H2,1-2H3,(H,21,22). The van der Waals surface area contributed by atoms with Gasteiger partial charge in [0, 0.05) is 13.0 Å². The van der Waals surface area contributed by atoms with Gasteiger partial charge < -0.3 is 20.1 Å². The van der Waals surface area contributed by atoms with Crippen molar-refractivity contribution in [2.75, 3.05) is 32.6 Å². The molecule has 1 amide bonds. The second kappa shape index (κ2) is 9.57. The van der Waals surface area contributed by atoms with E-state index in [9.17, 15) is 4.79 Å². The third-order valence-corrected chi connectivity index (χ3v) is 3.66. The minimum Gasteiger partial charge on any atom is -0.497 e. The second-order valence-corrected chi connectivity index (χ2v) is 5.35. The third kappa shape index (κ3) is 5.59. The summed E-state index contributed by atoms with van der Waals surface area (Å²) in [4.78, 5) is 12.0. The molecule has 2 aromatic carbocycles. The summed E-state index contributed by atoms with van der Waals surface area (Å²) in [6.45, 7) is 1.46. The Labute approximate surface area is 143 Å². The number of para-hydroxylation sites is 2. The summed E-state index contributed by atoms with van der Waals surface area (Å²) < 4.78 is 10.4. The molecule has 0 aliphatic heterocycles. The molecule has 128 valence electrons. The van der Waals surface area contributed by atoms with Gasteiger partial charge in [-0.1, -0.05) is 24.3 Å². The van der Waals surface area contributed by atoms with Gasteiger partial charge in [0.2, 0.25) is 5.91 Å². The van der Waals surface area contributed by atoms with Crippen LogP contribution in [0.15, 0.2) is 48.5 Å². The van der Waals surface area contributed by atoms with Crippen LogP contribution in [0, 0.1) is 0 Å². The van der Waals surface area contributed by atoms with Crippen LogP contribution >= 0.6 is 0 Å². The average molecular weight is 328 g/mol. The highest BCUT2D eigenvalue weighted by Gasteiger charge is 2.06. The van der Waals surface area contributed by atoms with Crippen LogP contribution in [-0.4, -0.2) is 33.2 Å². The highest BCUT2D eigenvalue weighted by molar-refractivity contribution is 5.92. The zero-order valence-corrected chi connectivity index (χ0v) is 14.2. The van der Waals surface area contributed by atoms with Gasteiger partial charge in [0.15, 0.2) is 0 Å². The largest absolute Gasteiger partial charge is 0.497 e. The molecule has 0 bridgehead atoms. The third-order valence-electron chi connectivity index (χ3n) is 3.66. The fourth-order valence-electron chi connectivity index (χ4n) is 2.31. The Bertz CT molecular complexity index is 641. The van der Waals surface area contributed by atoms with Crippen molar-refractivity contribution in [1.29, 1.82) is 0 Å². The van der Waals surface area contributed by atoms with Gasteiger partial charge in [-0.2, -0.15) is 0 Å². The van der Waals surface area contributed by atoms with Crippen molar-refractivity contribution in [1.82, 2.24) is 5.32 Å². The molecule has 5 heteroatoms. The smallest absolute Gasteiger partial charge is 0.225 e. The summed E-state index contributed by atoms with van der Waals surface area (Å²) in [5, 5.41) is 6.15. The summed E-state index contributed by atoms with van der Waals surface area (Å²) in [6.07, 6.45) is 1.33. The van der Waals surface area contributed by atoms with Crippen LogP contribution in [0.2, 0.25) is 0 Å². The summed E-state index contributed by atoms with van der Waals surface area (Å²) in [5.41, 5.74) is 1.94. The normalized spacial score (nSPS) is 10.2. The molecule has 0 aliphatic carbocycles. The molecule has 5 nitrogen and oxygen atoms in total. The van der Waals surface area contributed by atoms with E-state index >= 15 is 0 Å². The fraction of sp³-hybridized carbons (Fsp3) is 0.316. The zero-order chi connectivity index (χ0) is 17.2. The predicted octanol–water partition coefficient (Wildman–Crippen LogP) is 2.86. The maximum Gasteiger partial charge on any atom is 0.225 e. The summed E-state index contributed by atoms with van der Waals surface area (Å²) in [7, 11) is 3.25. The van der Waals surface area contributed by atoms with Gasteiger partial charge in [-0.3, -0.25) is 4.79 Å². The number of ether oxygens (including phenoxy) is 2. The van der Waals surface area contributed by atoms with Gasteiger partial charge in [0.1, 0.15) is 11.5 Å². The van der Waals surface area contributed by atoms with Gasteiger partial charge in [-0.05, 0) is 42.8 Å². The molecule has 0 unspecified atom stereocenters. The summed E-state index contributed by atoms with van der Waals surface area (Å²) in [5.74, 6) is 1.49. The highest BCUT2D eigenvalue weighted by atomic mass is 16.5. The lowest BCUT2D eigenvalue weighted by Gasteiger charge is -2.10. The lowest BCUT2D eigenvalue weighted by molar-refractivity contribution is -0.116. The SMILES string of the molecule is COc1ccc(CCNCCC(=O)Nc2ccccc2OC)cc1. The molecule has 2 aromatic rings. The molecule has 0 saturated heterocycles. The van der Waals surface area contributed by atoms with Gasteiger partial charge in [-0.25, -0.2) is 0 Å². The van der Waals surface area contributed by atoms with Gasteiger partial charge >= 0.3 is 0 Å². The highest BCUT2D eigenvalue weighted by Crippen LogP contribution is 2.22. The summed E-state index contributed by atoms with van der Waals surface area (Å²) >= 11 is 0. The lowest BCUT2D eigenvalue weighted by Crippen LogP contribution is -2.23. The molecule has 0 fully saturated rings. The maximum atomic E-state index is 12.0. The van der Waals surface area contributed by atoms with Crippen LogP contribution < -0.4 is 20.1 Å². The molecule has 0 saturated carbocycles. The van der Waals surface area contributed by atoms with Crippen molar-refractivity contribution in [2.24, 2.45) is 0 Å². The van der Waals surface area contributed by atoms with Crippen LogP contribution in [0.25, 0.3) is 0 Å². The van der Waals surface area contributed by atoms with E-state index in [1.165, 1.54) is 5.56 Å². The Morgan fingerprint density at radius 3 is 2.42 bits per heavy atom. The average Bonchev–Trinajstić information content (AvgIpc) is 2.62. The van der Waals surface area contributed by atoms with Crippen molar-refractivity contribution in [3.8, 4) is 11.5 Å². The topological polar surface area (TPSA) is 59.6 Å². The van der Waals surface area contributed by atoms with E-state index in [-0.39, 0.29) is 5.91 Å². The van der Waals surface area contributed by atoms with E-state index in [0.717, 1.165) is 18.7 Å². The molecular weight excluding hydrogens is 304 g/mol. The molecule has 24 heavy (non-hydrogen) atoms. The van der Waals surface area contributed by atoms with E-state index in [1.807, 2.05) is 36.4 Å². The molecule has 0 aliphatic rings. The molecule has 0 spiro atoms. The summed E-state index contributed by atoms with van der Waals surface area (Å²) in [6, 6.07) is 15.4. The van der Waals surface area contributed by atoms with E-state index < -0.39 is 0 Å². The number of carbonyl (C=O) groups is 1. The van der Waals surface area contributed by atoms with Crippen molar-refractivity contribution in [2.45, 2.75) is 12.8 Å². The minimum atomic E-state index is -0.0311. The fourth-order valence-corrected chi connectivity index (χ4v) is 2.31. The monoisotopic (exact) mass is 328 g/mol. The first kappa shape index (κ1) is 17.8. The van der Waals surface area contributed by atoms with Crippen LogP contribution in [-0.2, 0) is 11.2 Å². The van der Waals surface area contributed by atoms with E-state index in [0.29, 0.717) is 24.4 Å².